The van der Waals surface area contributed by atoms with Crippen molar-refractivity contribution in [2.45, 2.75) is 25.3 Å². The van der Waals surface area contributed by atoms with Crippen molar-refractivity contribution in [2.24, 2.45) is 0 Å². The lowest BCUT2D eigenvalue weighted by Crippen LogP contribution is -2.12. The summed E-state index contributed by atoms with van der Waals surface area (Å²) in [6.07, 6.45) is 5.18. The minimum atomic E-state index is -0.336. The van der Waals surface area contributed by atoms with Crippen molar-refractivity contribution in [2.75, 3.05) is 0 Å². The van der Waals surface area contributed by atoms with E-state index < -0.39 is 0 Å². The van der Waals surface area contributed by atoms with Crippen molar-refractivity contribution in [1.82, 2.24) is 14.5 Å². The molecule has 0 N–H and O–H groups in total. The van der Waals surface area contributed by atoms with E-state index in [0.29, 0.717) is 5.69 Å². The molecule has 0 saturated heterocycles. The summed E-state index contributed by atoms with van der Waals surface area (Å²) in [5.74, 6) is -0.656. The first-order valence-corrected chi connectivity index (χ1v) is 8.61. The van der Waals surface area contributed by atoms with Gasteiger partial charge in [-0.2, -0.15) is 12.6 Å². The summed E-state index contributed by atoms with van der Waals surface area (Å²) in [5.41, 5.74) is 3.09. The second-order valence-corrected chi connectivity index (χ2v) is 6.73. The molecule has 7 heteroatoms. The Kier molecular flexibility index (Phi) is 5.68. The number of hydrogen-bond acceptors (Lipinski definition) is 5. The van der Waals surface area contributed by atoms with Crippen LogP contribution in [0.15, 0.2) is 55.1 Å². The highest BCUT2D eigenvalue weighted by Crippen LogP contribution is 2.31. The molecular weight excluding hydrogens is 353 g/mol. The number of pyridine rings is 1. The number of hydrogen-bond donors (Lipinski definition) is 1. The van der Waals surface area contributed by atoms with Gasteiger partial charge in [-0.3, -0.25) is 14.3 Å². The number of aromatic nitrogens is 3. The van der Waals surface area contributed by atoms with Gasteiger partial charge in [-0.1, -0.05) is 6.92 Å². The Morgan fingerprint density at radius 2 is 1.88 bits per heavy atom. The molecule has 0 aliphatic rings. The fourth-order valence-electron chi connectivity index (χ4n) is 2.55. The molecule has 0 amide bonds. The highest BCUT2D eigenvalue weighted by Gasteiger charge is 2.16. The van der Waals surface area contributed by atoms with Crippen LogP contribution in [0.25, 0.3) is 22.5 Å². The molecule has 0 spiro atoms. The summed E-state index contributed by atoms with van der Waals surface area (Å²) < 4.78 is 20.4. The molecule has 0 aliphatic heterocycles. The summed E-state index contributed by atoms with van der Waals surface area (Å²) in [6, 6.07) is 9.80. The number of benzene rings is 1. The number of esters is 1. The molecule has 2 heterocycles. The highest BCUT2D eigenvalue weighted by atomic mass is 32.1. The Morgan fingerprint density at radius 3 is 2.54 bits per heavy atom. The average Bonchev–Trinajstić information content (AvgIpc) is 3.05. The number of rotatable bonds is 6. The molecule has 2 aromatic heterocycles. The largest absolute Gasteiger partial charge is 0.444 e. The molecule has 3 rings (SSSR count). The molecule has 1 aromatic carbocycles. The zero-order valence-corrected chi connectivity index (χ0v) is 15.1. The van der Waals surface area contributed by atoms with Gasteiger partial charge < -0.3 is 4.74 Å². The molecule has 5 nitrogen and oxygen atoms in total. The number of nitrogens with zero attached hydrogens (tertiary/aromatic N) is 3. The van der Waals surface area contributed by atoms with E-state index in [1.807, 2.05) is 19.1 Å². The zero-order chi connectivity index (χ0) is 18.5. The van der Waals surface area contributed by atoms with Crippen LogP contribution in [0.2, 0.25) is 0 Å². The molecule has 1 atom stereocenters. The number of carbonyl (C=O) groups excluding carboxylic acids is 1. The van der Waals surface area contributed by atoms with Crippen molar-refractivity contribution < 1.29 is 13.9 Å². The van der Waals surface area contributed by atoms with E-state index in [2.05, 4.69) is 22.6 Å². The lowest BCUT2D eigenvalue weighted by molar-refractivity contribution is -0.147. The smallest absolute Gasteiger partial charge is 0.308 e. The average molecular weight is 371 g/mol. The van der Waals surface area contributed by atoms with Crippen molar-refractivity contribution in [3.63, 3.8) is 0 Å². The fraction of sp³-hybridized carbons (Fsp3) is 0.211. The minimum Gasteiger partial charge on any atom is -0.444 e. The van der Waals surface area contributed by atoms with Crippen LogP contribution in [0.1, 0.15) is 13.3 Å². The van der Waals surface area contributed by atoms with Gasteiger partial charge in [0.15, 0.2) is 6.73 Å². The van der Waals surface area contributed by atoms with Crippen LogP contribution in [0.4, 0.5) is 4.39 Å². The molecule has 0 saturated carbocycles. The number of halogens is 1. The van der Waals surface area contributed by atoms with Crippen LogP contribution in [0.5, 0.6) is 0 Å². The van der Waals surface area contributed by atoms with Crippen molar-refractivity contribution >= 4 is 18.6 Å². The monoisotopic (exact) mass is 371 g/mol. The molecule has 0 aliphatic carbocycles. The molecule has 1 unspecified atom stereocenters. The Bertz CT molecular complexity index is 880. The summed E-state index contributed by atoms with van der Waals surface area (Å²) in [5, 5.41) is -0.0748. The van der Waals surface area contributed by atoms with Crippen LogP contribution in [-0.4, -0.2) is 25.8 Å². The summed E-state index contributed by atoms with van der Waals surface area (Å²) in [7, 11) is 0. The fourth-order valence-corrected chi connectivity index (χ4v) is 2.70. The first kappa shape index (κ1) is 18.1. The maximum atomic E-state index is 13.3. The maximum absolute atomic E-state index is 13.3. The third-order valence-corrected chi connectivity index (χ3v) is 3.92. The SMILES string of the molecule is CC(S)CC(=O)OCn1cnc(-c2ccncc2)c1-c1ccc(F)cc1. The van der Waals surface area contributed by atoms with E-state index in [-0.39, 0.29) is 30.2 Å². The van der Waals surface area contributed by atoms with E-state index in [1.54, 1.807) is 35.4 Å². The van der Waals surface area contributed by atoms with Crippen LogP contribution in [0, 0.1) is 5.82 Å². The van der Waals surface area contributed by atoms with Gasteiger partial charge in [-0.15, -0.1) is 0 Å². The molecule has 0 radical (unpaired) electrons. The van der Waals surface area contributed by atoms with Crippen molar-refractivity contribution in [1.29, 1.82) is 0 Å². The number of ether oxygens (including phenoxy) is 1. The Hall–Kier alpha value is -2.67. The summed E-state index contributed by atoms with van der Waals surface area (Å²) in [6.45, 7) is 1.84. The Labute approximate surface area is 156 Å². The molecule has 3 aromatic rings. The third-order valence-electron chi connectivity index (χ3n) is 3.74. The highest BCUT2D eigenvalue weighted by molar-refractivity contribution is 7.80. The third kappa shape index (κ3) is 4.29. The topological polar surface area (TPSA) is 57.0 Å². The van der Waals surface area contributed by atoms with Crippen LogP contribution in [-0.2, 0) is 16.3 Å². The number of imidazole rings is 1. The van der Waals surface area contributed by atoms with Crippen LogP contribution in [0.3, 0.4) is 0 Å². The normalized spacial score (nSPS) is 12.0. The van der Waals surface area contributed by atoms with Gasteiger partial charge in [0.2, 0.25) is 0 Å². The number of thiol groups is 1. The Morgan fingerprint density at radius 1 is 1.19 bits per heavy atom. The van der Waals surface area contributed by atoms with E-state index in [1.165, 1.54) is 12.1 Å². The molecular formula is C19H18FN3O2S. The molecule has 26 heavy (non-hydrogen) atoms. The zero-order valence-electron chi connectivity index (χ0n) is 14.2. The predicted octanol–water partition coefficient (Wildman–Crippen LogP) is 3.96. The van der Waals surface area contributed by atoms with Gasteiger partial charge in [0.1, 0.15) is 5.82 Å². The molecule has 0 bridgehead atoms. The lowest BCUT2D eigenvalue weighted by atomic mass is 10.1. The van der Waals surface area contributed by atoms with E-state index in [9.17, 15) is 9.18 Å². The molecule has 0 fully saturated rings. The molecule has 134 valence electrons. The second kappa shape index (κ2) is 8.14. The summed E-state index contributed by atoms with van der Waals surface area (Å²) >= 11 is 4.20. The van der Waals surface area contributed by atoms with Gasteiger partial charge in [0.05, 0.1) is 24.1 Å². The van der Waals surface area contributed by atoms with Gasteiger partial charge in [0.25, 0.3) is 0 Å². The second-order valence-electron chi connectivity index (χ2n) is 5.85. The van der Waals surface area contributed by atoms with E-state index in [4.69, 9.17) is 4.74 Å². The predicted molar refractivity (Wildman–Crippen MR) is 100 cm³/mol. The first-order chi connectivity index (χ1) is 12.5. The Balaban J connectivity index is 1.95. The lowest BCUT2D eigenvalue weighted by Gasteiger charge is -2.12. The quantitative estimate of drug-likeness (QED) is 0.526. The van der Waals surface area contributed by atoms with Gasteiger partial charge in [-0.25, -0.2) is 9.37 Å². The number of carbonyl (C=O) groups is 1. The standard InChI is InChI=1S/C19H18FN3O2S/c1-13(26)10-17(24)25-12-23-11-22-18(14-6-8-21-9-7-14)19(23)15-2-4-16(20)5-3-15/h2-9,11,13,26H,10,12H2,1H3. The van der Waals surface area contributed by atoms with Crippen LogP contribution >= 0.6 is 12.6 Å². The van der Waals surface area contributed by atoms with Crippen molar-refractivity contribution in [3.8, 4) is 22.5 Å². The van der Waals surface area contributed by atoms with Crippen molar-refractivity contribution in [3.05, 3.63) is 60.9 Å². The minimum absolute atomic E-state index is 0.0180. The first-order valence-electron chi connectivity index (χ1n) is 8.09. The summed E-state index contributed by atoms with van der Waals surface area (Å²) in [4.78, 5) is 20.3. The van der Waals surface area contributed by atoms with Gasteiger partial charge in [-0.05, 0) is 36.4 Å². The van der Waals surface area contributed by atoms with E-state index in [0.717, 1.165) is 16.8 Å². The van der Waals surface area contributed by atoms with E-state index >= 15 is 0 Å². The van der Waals surface area contributed by atoms with Crippen LogP contribution < -0.4 is 0 Å². The van der Waals surface area contributed by atoms with Gasteiger partial charge >= 0.3 is 5.97 Å². The van der Waals surface area contributed by atoms with Gasteiger partial charge in [0, 0.05) is 28.8 Å². The maximum Gasteiger partial charge on any atom is 0.308 e.